The lowest BCUT2D eigenvalue weighted by atomic mass is 10.0. The third-order valence-corrected chi connectivity index (χ3v) is 3.77. The highest BCUT2D eigenvalue weighted by Crippen LogP contribution is 2.15. The molecule has 0 heterocycles. The Morgan fingerprint density at radius 2 is 1.59 bits per heavy atom. The summed E-state index contributed by atoms with van der Waals surface area (Å²) in [6.45, 7) is 4.22. The van der Waals surface area contributed by atoms with Gasteiger partial charge in [-0.3, -0.25) is 0 Å². The number of ether oxygens (including phenoxy) is 1. The van der Waals surface area contributed by atoms with Gasteiger partial charge in [0.1, 0.15) is 0 Å². The minimum absolute atomic E-state index is 0.144. The van der Waals surface area contributed by atoms with E-state index in [2.05, 4.69) is 6.92 Å². The molecule has 122 valence electrons. The van der Waals surface area contributed by atoms with Crippen LogP contribution in [0.5, 0.6) is 0 Å². The van der Waals surface area contributed by atoms with Crippen molar-refractivity contribution in [1.82, 2.24) is 0 Å². The van der Waals surface area contributed by atoms with Crippen molar-refractivity contribution in [2.75, 3.05) is 6.61 Å². The van der Waals surface area contributed by atoms with E-state index in [1.54, 1.807) is 19.1 Å². The van der Waals surface area contributed by atoms with Crippen LogP contribution in [0.3, 0.4) is 0 Å². The summed E-state index contributed by atoms with van der Waals surface area (Å²) >= 11 is 0. The van der Waals surface area contributed by atoms with Crippen molar-refractivity contribution in [3.63, 3.8) is 0 Å². The Morgan fingerprint density at radius 3 is 2.23 bits per heavy atom. The summed E-state index contributed by atoms with van der Waals surface area (Å²) < 4.78 is 5.24. The zero-order valence-electron chi connectivity index (χ0n) is 13.6. The number of aromatic carboxylic acids is 1. The van der Waals surface area contributed by atoms with E-state index in [1.807, 2.05) is 0 Å². The lowest BCUT2D eigenvalue weighted by molar-refractivity contribution is 0.0497. The molecule has 0 aliphatic carbocycles. The van der Waals surface area contributed by atoms with Crippen molar-refractivity contribution in [3.05, 3.63) is 34.9 Å². The Bertz CT molecular complexity index is 494. The van der Waals surface area contributed by atoms with Crippen molar-refractivity contribution in [1.29, 1.82) is 0 Å². The predicted octanol–water partition coefficient (Wildman–Crippen LogP) is 4.60. The predicted molar refractivity (Wildman–Crippen MR) is 86.4 cm³/mol. The molecule has 0 atom stereocenters. The monoisotopic (exact) mass is 306 g/mol. The zero-order valence-corrected chi connectivity index (χ0v) is 13.6. The fourth-order valence-corrected chi connectivity index (χ4v) is 2.39. The number of rotatable bonds is 10. The van der Waals surface area contributed by atoms with E-state index in [0.717, 1.165) is 12.8 Å². The van der Waals surface area contributed by atoms with Gasteiger partial charge in [0.05, 0.1) is 17.7 Å². The molecule has 0 aliphatic heterocycles. The van der Waals surface area contributed by atoms with Gasteiger partial charge in [0, 0.05) is 0 Å². The summed E-state index contributed by atoms with van der Waals surface area (Å²) in [5.41, 5.74) is 0.938. The second-order valence-electron chi connectivity index (χ2n) is 5.54. The molecule has 0 spiro atoms. The molecular weight excluding hydrogens is 280 g/mol. The standard InChI is InChI=1S/C18H26O4/c1-3-4-5-6-7-8-9-13-22-18(21)16-12-10-11-15(14(16)2)17(19)20/h10-12H,3-9,13H2,1-2H3,(H,19,20). The third kappa shape index (κ3) is 5.88. The molecule has 0 saturated carbocycles. The lowest BCUT2D eigenvalue weighted by Crippen LogP contribution is -2.11. The Kier molecular flexibility index (Phi) is 8.26. The van der Waals surface area contributed by atoms with Crippen molar-refractivity contribution < 1.29 is 19.4 Å². The molecule has 0 amide bonds. The highest BCUT2D eigenvalue weighted by Gasteiger charge is 2.16. The summed E-state index contributed by atoms with van der Waals surface area (Å²) in [4.78, 5) is 23.1. The molecule has 0 aliphatic rings. The number of carboxylic acids is 1. The number of carbonyl (C=O) groups excluding carboxylic acids is 1. The highest BCUT2D eigenvalue weighted by atomic mass is 16.5. The van der Waals surface area contributed by atoms with Gasteiger partial charge in [0.25, 0.3) is 0 Å². The van der Waals surface area contributed by atoms with Crippen LogP contribution < -0.4 is 0 Å². The molecular formula is C18H26O4. The maximum Gasteiger partial charge on any atom is 0.338 e. The smallest absolute Gasteiger partial charge is 0.338 e. The summed E-state index contributed by atoms with van der Waals surface area (Å²) in [5, 5.41) is 9.05. The SMILES string of the molecule is CCCCCCCCCOC(=O)c1cccc(C(=O)O)c1C. The molecule has 0 fully saturated rings. The number of carbonyl (C=O) groups is 2. The fourth-order valence-electron chi connectivity index (χ4n) is 2.39. The van der Waals surface area contributed by atoms with Crippen LogP contribution in [0.25, 0.3) is 0 Å². The van der Waals surface area contributed by atoms with Crippen LogP contribution in [-0.2, 0) is 4.74 Å². The first-order valence-corrected chi connectivity index (χ1v) is 8.08. The van der Waals surface area contributed by atoms with Gasteiger partial charge in [0.2, 0.25) is 0 Å². The average molecular weight is 306 g/mol. The van der Waals surface area contributed by atoms with E-state index in [1.165, 1.54) is 38.2 Å². The Hall–Kier alpha value is -1.84. The van der Waals surface area contributed by atoms with E-state index in [-0.39, 0.29) is 5.56 Å². The lowest BCUT2D eigenvalue weighted by Gasteiger charge is -2.09. The zero-order chi connectivity index (χ0) is 16.4. The maximum absolute atomic E-state index is 12.0. The van der Waals surface area contributed by atoms with E-state index < -0.39 is 11.9 Å². The van der Waals surface area contributed by atoms with Crippen molar-refractivity contribution in [2.45, 2.75) is 58.8 Å². The van der Waals surface area contributed by atoms with Crippen LogP contribution in [0, 0.1) is 6.92 Å². The van der Waals surface area contributed by atoms with Gasteiger partial charge >= 0.3 is 11.9 Å². The van der Waals surface area contributed by atoms with Gasteiger partial charge in [-0.15, -0.1) is 0 Å². The summed E-state index contributed by atoms with van der Waals surface area (Å²) in [6.07, 6.45) is 8.13. The number of hydrogen-bond acceptors (Lipinski definition) is 3. The Labute approximate surface area is 132 Å². The molecule has 22 heavy (non-hydrogen) atoms. The van der Waals surface area contributed by atoms with Gasteiger partial charge in [0.15, 0.2) is 0 Å². The van der Waals surface area contributed by atoms with Crippen molar-refractivity contribution in [3.8, 4) is 0 Å². The first kappa shape index (κ1) is 18.2. The van der Waals surface area contributed by atoms with E-state index in [4.69, 9.17) is 9.84 Å². The van der Waals surface area contributed by atoms with Crippen LogP contribution in [0.1, 0.15) is 78.1 Å². The highest BCUT2D eigenvalue weighted by molar-refractivity contribution is 5.97. The fraction of sp³-hybridized carbons (Fsp3) is 0.556. The van der Waals surface area contributed by atoms with Gasteiger partial charge < -0.3 is 9.84 Å². The number of unbranched alkanes of at least 4 members (excludes halogenated alkanes) is 6. The quantitative estimate of drug-likeness (QED) is 0.507. The minimum Gasteiger partial charge on any atom is -0.478 e. The van der Waals surface area contributed by atoms with Crippen LogP contribution in [-0.4, -0.2) is 23.7 Å². The van der Waals surface area contributed by atoms with Gasteiger partial charge in [-0.05, 0) is 31.0 Å². The number of esters is 1. The second-order valence-corrected chi connectivity index (χ2v) is 5.54. The molecule has 1 rings (SSSR count). The van der Waals surface area contributed by atoms with E-state index in [9.17, 15) is 9.59 Å². The molecule has 0 radical (unpaired) electrons. The average Bonchev–Trinajstić information content (AvgIpc) is 2.49. The van der Waals surface area contributed by atoms with E-state index in [0.29, 0.717) is 17.7 Å². The van der Waals surface area contributed by atoms with Gasteiger partial charge in [-0.2, -0.15) is 0 Å². The van der Waals surface area contributed by atoms with Crippen LogP contribution in [0.15, 0.2) is 18.2 Å². The summed E-state index contributed by atoms with van der Waals surface area (Å²) in [6, 6.07) is 4.67. The largest absolute Gasteiger partial charge is 0.478 e. The topological polar surface area (TPSA) is 63.6 Å². The minimum atomic E-state index is -1.03. The Balaban J connectivity index is 2.34. The molecule has 0 aromatic heterocycles. The van der Waals surface area contributed by atoms with Gasteiger partial charge in [-0.1, -0.05) is 51.5 Å². The second kappa shape index (κ2) is 9.98. The number of carboxylic acid groups (broad SMARTS) is 1. The van der Waals surface area contributed by atoms with Crippen LogP contribution in [0.2, 0.25) is 0 Å². The first-order chi connectivity index (χ1) is 10.6. The van der Waals surface area contributed by atoms with E-state index >= 15 is 0 Å². The summed E-state index contributed by atoms with van der Waals surface area (Å²) in [7, 11) is 0. The summed E-state index contributed by atoms with van der Waals surface area (Å²) in [5.74, 6) is -1.47. The molecule has 0 bridgehead atoms. The molecule has 4 nitrogen and oxygen atoms in total. The van der Waals surface area contributed by atoms with Gasteiger partial charge in [-0.25, -0.2) is 9.59 Å². The van der Waals surface area contributed by atoms with Crippen molar-refractivity contribution >= 4 is 11.9 Å². The number of benzene rings is 1. The van der Waals surface area contributed by atoms with Crippen LogP contribution in [0.4, 0.5) is 0 Å². The molecule has 0 unspecified atom stereocenters. The molecule has 1 N–H and O–H groups in total. The van der Waals surface area contributed by atoms with Crippen LogP contribution >= 0.6 is 0 Å². The number of hydrogen-bond donors (Lipinski definition) is 1. The normalized spacial score (nSPS) is 10.5. The Morgan fingerprint density at radius 1 is 1.00 bits per heavy atom. The third-order valence-electron chi connectivity index (χ3n) is 3.77. The first-order valence-electron chi connectivity index (χ1n) is 8.08. The molecule has 1 aromatic carbocycles. The molecule has 4 heteroatoms. The maximum atomic E-state index is 12.0. The van der Waals surface area contributed by atoms with Crippen molar-refractivity contribution in [2.24, 2.45) is 0 Å². The molecule has 1 aromatic rings. The molecule has 0 saturated heterocycles.